The van der Waals surface area contributed by atoms with Crippen molar-refractivity contribution < 1.29 is 14.3 Å². The van der Waals surface area contributed by atoms with Gasteiger partial charge in [-0.05, 0) is 31.5 Å². The van der Waals surface area contributed by atoms with Gasteiger partial charge >= 0.3 is 0 Å². The first kappa shape index (κ1) is 19.5. The molecular formula is C18H26ClN3O3. The number of amides is 2. The number of benzene rings is 1. The SMILES string of the molecule is Cl.O=C(NC1CC(=O)N(CCOc2ccccc2)C1)C1CCCCN1. The number of piperidine rings is 1. The number of halogens is 1. The van der Waals surface area contributed by atoms with Gasteiger partial charge in [0.2, 0.25) is 11.8 Å². The summed E-state index contributed by atoms with van der Waals surface area (Å²) in [4.78, 5) is 26.1. The monoisotopic (exact) mass is 367 g/mol. The maximum Gasteiger partial charge on any atom is 0.237 e. The number of para-hydroxylation sites is 1. The van der Waals surface area contributed by atoms with Crippen molar-refractivity contribution in [2.45, 2.75) is 37.8 Å². The molecule has 0 radical (unpaired) electrons. The van der Waals surface area contributed by atoms with Crippen molar-refractivity contribution in [1.29, 1.82) is 0 Å². The molecule has 0 aliphatic carbocycles. The highest BCUT2D eigenvalue weighted by atomic mass is 35.5. The molecule has 0 aromatic heterocycles. The van der Waals surface area contributed by atoms with Crippen molar-refractivity contribution in [2.75, 3.05) is 26.2 Å². The number of rotatable bonds is 6. The minimum absolute atomic E-state index is 0. The molecule has 2 fully saturated rings. The third kappa shape index (κ3) is 5.61. The van der Waals surface area contributed by atoms with E-state index in [4.69, 9.17) is 4.74 Å². The number of hydrogen-bond donors (Lipinski definition) is 2. The fraction of sp³-hybridized carbons (Fsp3) is 0.556. The molecule has 7 heteroatoms. The second-order valence-corrected chi connectivity index (χ2v) is 6.41. The van der Waals surface area contributed by atoms with E-state index in [1.165, 1.54) is 0 Å². The van der Waals surface area contributed by atoms with Gasteiger partial charge in [0.25, 0.3) is 0 Å². The van der Waals surface area contributed by atoms with Gasteiger partial charge in [0.1, 0.15) is 12.4 Å². The van der Waals surface area contributed by atoms with Gasteiger partial charge in [0.05, 0.1) is 18.6 Å². The van der Waals surface area contributed by atoms with Crippen LogP contribution in [0.4, 0.5) is 0 Å². The standard InChI is InChI=1S/C18H25N3O3.ClH/c22-17-12-14(20-18(23)16-8-4-5-9-19-16)13-21(17)10-11-24-15-6-2-1-3-7-15;/h1-3,6-7,14,16,19H,4-5,8-13H2,(H,20,23);1H. The minimum Gasteiger partial charge on any atom is -0.492 e. The largest absolute Gasteiger partial charge is 0.492 e. The summed E-state index contributed by atoms with van der Waals surface area (Å²) in [6.07, 6.45) is 3.46. The molecule has 1 aromatic carbocycles. The smallest absolute Gasteiger partial charge is 0.237 e. The Labute approximate surface area is 154 Å². The zero-order valence-electron chi connectivity index (χ0n) is 14.3. The maximum absolute atomic E-state index is 12.2. The molecule has 138 valence electrons. The summed E-state index contributed by atoms with van der Waals surface area (Å²) < 4.78 is 5.64. The normalized spacial score (nSPS) is 23.0. The molecule has 2 unspecified atom stereocenters. The lowest BCUT2D eigenvalue weighted by atomic mass is 10.0. The molecule has 2 aliphatic heterocycles. The van der Waals surface area contributed by atoms with Crippen molar-refractivity contribution in [2.24, 2.45) is 0 Å². The van der Waals surface area contributed by atoms with Gasteiger partial charge in [-0.3, -0.25) is 9.59 Å². The molecule has 25 heavy (non-hydrogen) atoms. The van der Waals surface area contributed by atoms with Crippen LogP contribution in [0, 0.1) is 0 Å². The molecule has 3 rings (SSSR count). The number of carbonyl (C=O) groups is 2. The number of hydrogen-bond acceptors (Lipinski definition) is 4. The number of nitrogens with one attached hydrogen (secondary N) is 2. The highest BCUT2D eigenvalue weighted by Crippen LogP contribution is 2.14. The number of carbonyl (C=O) groups excluding carboxylic acids is 2. The summed E-state index contributed by atoms with van der Waals surface area (Å²) in [6.45, 7) is 2.46. The van der Waals surface area contributed by atoms with Crippen molar-refractivity contribution in [1.82, 2.24) is 15.5 Å². The first-order valence-electron chi connectivity index (χ1n) is 8.72. The molecule has 2 saturated heterocycles. The number of ether oxygens (including phenoxy) is 1. The van der Waals surface area contributed by atoms with E-state index in [2.05, 4.69) is 10.6 Å². The Morgan fingerprint density at radius 2 is 2.08 bits per heavy atom. The van der Waals surface area contributed by atoms with Crippen LogP contribution in [0.1, 0.15) is 25.7 Å². The van der Waals surface area contributed by atoms with Crippen LogP contribution in [0.5, 0.6) is 5.75 Å². The van der Waals surface area contributed by atoms with Crippen LogP contribution in [0.25, 0.3) is 0 Å². The van der Waals surface area contributed by atoms with Crippen LogP contribution < -0.4 is 15.4 Å². The summed E-state index contributed by atoms with van der Waals surface area (Å²) in [6, 6.07) is 9.36. The second kappa shape index (κ2) is 9.63. The van der Waals surface area contributed by atoms with Gasteiger partial charge in [0.15, 0.2) is 0 Å². The number of nitrogens with zero attached hydrogens (tertiary/aromatic N) is 1. The van der Waals surface area contributed by atoms with Gasteiger partial charge < -0.3 is 20.3 Å². The third-order valence-corrected chi connectivity index (χ3v) is 4.56. The van der Waals surface area contributed by atoms with Crippen LogP contribution in [0.15, 0.2) is 30.3 Å². The number of likely N-dealkylation sites (tertiary alicyclic amines) is 1. The van der Waals surface area contributed by atoms with Gasteiger partial charge in [-0.25, -0.2) is 0 Å². The first-order chi connectivity index (χ1) is 11.7. The van der Waals surface area contributed by atoms with Crippen LogP contribution in [-0.2, 0) is 9.59 Å². The lowest BCUT2D eigenvalue weighted by molar-refractivity contribution is -0.128. The summed E-state index contributed by atoms with van der Waals surface area (Å²) in [7, 11) is 0. The van der Waals surface area contributed by atoms with Gasteiger partial charge in [-0.2, -0.15) is 0 Å². The quantitative estimate of drug-likeness (QED) is 0.796. The van der Waals surface area contributed by atoms with Crippen molar-refractivity contribution in [3.63, 3.8) is 0 Å². The predicted molar refractivity (Wildman–Crippen MR) is 98.0 cm³/mol. The Kier molecular flexibility index (Phi) is 7.52. The highest BCUT2D eigenvalue weighted by Gasteiger charge is 2.32. The Morgan fingerprint density at radius 1 is 1.28 bits per heavy atom. The molecule has 0 bridgehead atoms. The fourth-order valence-electron chi connectivity index (χ4n) is 3.25. The summed E-state index contributed by atoms with van der Waals surface area (Å²) in [5.41, 5.74) is 0. The van der Waals surface area contributed by atoms with Crippen LogP contribution in [0.2, 0.25) is 0 Å². The van der Waals surface area contributed by atoms with E-state index in [1.54, 1.807) is 4.90 Å². The van der Waals surface area contributed by atoms with Crippen LogP contribution >= 0.6 is 12.4 Å². The average Bonchev–Trinajstić information content (AvgIpc) is 2.96. The Hall–Kier alpha value is -1.79. The topological polar surface area (TPSA) is 70.7 Å². The van der Waals surface area contributed by atoms with Gasteiger partial charge in [-0.15, -0.1) is 12.4 Å². The maximum atomic E-state index is 12.2. The lowest BCUT2D eigenvalue weighted by Crippen LogP contribution is -2.50. The molecule has 2 aliphatic rings. The average molecular weight is 368 g/mol. The van der Waals surface area contributed by atoms with E-state index in [0.717, 1.165) is 31.6 Å². The molecule has 2 N–H and O–H groups in total. The van der Waals surface area contributed by atoms with Gasteiger partial charge in [-0.1, -0.05) is 24.6 Å². The van der Waals surface area contributed by atoms with E-state index in [1.807, 2.05) is 30.3 Å². The predicted octanol–water partition coefficient (Wildman–Crippen LogP) is 1.35. The molecule has 6 nitrogen and oxygen atoms in total. The summed E-state index contributed by atoms with van der Waals surface area (Å²) >= 11 is 0. The van der Waals surface area contributed by atoms with E-state index in [0.29, 0.717) is 26.1 Å². The molecule has 2 atom stereocenters. The van der Waals surface area contributed by atoms with E-state index in [9.17, 15) is 9.59 Å². The molecule has 0 spiro atoms. The zero-order chi connectivity index (χ0) is 16.8. The Morgan fingerprint density at radius 3 is 2.80 bits per heavy atom. The molecule has 1 aromatic rings. The van der Waals surface area contributed by atoms with Crippen molar-refractivity contribution >= 4 is 24.2 Å². The van der Waals surface area contributed by atoms with Crippen molar-refractivity contribution in [3.05, 3.63) is 30.3 Å². The van der Waals surface area contributed by atoms with E-state index < -0.39 is 0 Å². The van der Waals surface area contributed by atoms with Crippen LogP contribution in [0.3, 0.4) is 0 Å². The molecule has 2 amide bonds. The summed E-state index contributed by atoms with van der Waals surface area (Å²) in [5.74, 6) is 0.904. The second-order valence-electron chi connectivity index (χ2n) is 6.41. The van der Waals surface area contributed by atoms with E-state index >= 15 is 0 Å². The third-order valence-electron chi connectivity index (χ3n) is 4.56. The summed E-state index contributed by atoms with van der Waals surface area (Å²) in [5, 5.41) is 6.25. The lowest BCUT2D eigenvalue weighted by Gasteiger charge is -2.24. The van der Waals surface area contributed by atoms with Crippen LogP contribution in [-0.4, -0.2) is 55.0 Å². The van der Waals surface area contributed by atoms with Gasteiger partial charge in [0, 0.05) is 13.0 Å². The molecule has 2 heterocycles. The Bertz CT molecular complexity index is 564. The first-order valence-corrected chi connectivity index (χ1v) is 8.72. The van der Waals surface area contributed by atoms with Crippen molar-refractivity contribution in [3.8, 4) is 5.75 Å². The molecule has 0 saturated carbocycles. The minimum atomic E-state index is -0.107. The zero-order valence-corrected chi connectivity index (χ0v) is 15.1. The van der Waals surface area contributed by atoms with E-state index in [-0.39, 0.29) is 36.3 Å². The fourth-order valence-corrected chi connectivity index (χ4v) is 3.25. The Balaban J connectivity index is 0.00000225. The molecular weight excluding hydrogens is 342 g/mol. The highest BCUT2D eigenvalue weighted by molar-refractivity contribution is 5.85.